The fourth-order valence-corrected chi connectivity index (χ4v) is 10.7. The van der Waals surface area contributed by atoms with Crippen LogP contribution in [0.1, 0.15) is 113 Å². The van der Waals surface area contributed by atoms with Gasteiger partial charge < -0.3 is 10.2 Å². The highest BCUT2D eigenvalue weighted by molar-refractivity contribution is 5.80. The molecule has 0 radical (unpaired) electrons. The number of hydrogen-bond acceptors (Lipinski definition) is 2. The van der Waals surface area contributed by atoms with E-state index < -0.39 is 11.4 Å². The van der Waals surface area contributed by atoms with Crippen LogP contribution < -0.4 is 0 Å². The Kier molecular flexibility index (Phi) is 4.99. The maximum atomic E-state index is 12.7. The molecule has 5 rings (SSSR count). The third kappa shape index (κ3) is 2.87. The molecule has 5 aliphatic carbocycles. The van der Waals surface area contributed by atoms with E-state index in [2.05, 4.69) is 54.5 Å². The van der Waals surface area contributed by atoms with Crippen molar-refractivity contribution in [3.63, 3.8) is 0 Å². The Balaban J connectivity index is 1.58. The zero-order valence-electron chi connectivity index (χ0n) is 22.3. The van der Waals surface area contributed by atoms with Crippen molar-refractivity contribution < 1.29 is 15.0 Å². The molecule has 4 saturated carbocycles. The van der Waals surface area contributed by atoms with E-state index in [1.165, 1.54) is 24.8 Å². The number of carboxylic acids is 1. The molecule has 186 valence electrons. The van der Waals surface area contributed by atoms with Gasteiger partial charge in [0.15, 0.2) is 0 Å². The second-order valence-corrected chi connectivity index (χ2v) is 15.0. The van der Waals surface area contributed by atoms with Crippen LogP contribution in [-0.4, -0.2) is 22.3 Å². The molecule has 0 bridgehead atoms. The van der Waals surface area contributed by atoms with Crippen molar-refractivity contribution in [3.05, 3.63) is 11.6 Å². The number of aliphatic carboxylic acids is 1. The lowest BCUT2D eigenvalue weighted by atomic mass is 9.32. The van der Waals surface area contributed by atoms with E-state index in [9.17, 15) is 15.0 Å². The van der Waals surface area contributed by atoms with Crippen LogP contribution in [0, 0.1) is 50.2 Å². The second kappa shape index (κ2) is 6.89. The molecular formula is C30H48O3. The Bertz CT molecular complexity index is 885. The van der Waals surface area contributed by atoms with Crippen molar-refractivity contribution >= 4 is 5.97 Å². The Morgan fingerprint density at radius 3 is 2.12 bits per heavy atom. The summed E-state index contributed by atoms with van der Waals surface area (Å²) < 4.78 is 0. The Hall–Kier alpha value is -0.830. The first-order valence-electron chi connectivity index (χ1n) is 13.8. The van der Waals surface area contributed by atoms with Crippen LogP contribution in [0.25, 0.3) is 0 Å². The van der Waals surface area contributed by atoms with Gasteiger partial charge >= 0.3 is 5.97 Å². The Labute approximate surface area is 201 Å². The molecule has 4 fully saturated rings. The van der Waals surface area contributed by atoms with Gasteiger partial charge in [0.2, 0.25) is 0 Å². The van der Waals surface area contributed by atoms with Crippen molar-refractivity contribution in [3.8, 4) is 0 Å². The molecule has 0 spiro atoms. The van der Waals surface area contributed by atoms with E-state index in [1.54, 1.807) is 0 Å². The zero-order valence-corrected chi connectivity index (χ0v) is 22.3. The second-order valence-electron chi connectivity index (χ2n) is 15.0. The van der Waals surface area contributed by atoms with Crippen LogP contribution in [-0.2, 0) is 4.79 Å². The first-order chi connectivity index (χ1) is 15.1. The summed E-state index contributed by atoms with van der Waals surface area (Å²) in [5.74, 6) is 1.05. The molecule has 3 heteroatoms. The molecule has 5 aliphatic rings. The highest BCUT2D eigenvalue weighted by Gasteiger charge is 2.69. The van der Waals surface area contributed by atoms with Gasteiger partial charge in [0.05, 0.1) is 11.5 Å². The van der Waals surface area contributed by atoms with Gasteiger partial charge in [0, 0.05) is 0 Å². The van der Waals surface area contributed by atoms with E-state index in [4.69, 9.17) is 0 Å². The summed E-state index contributed by atoms with van der Waals surface area (Å²) in [6, 6.07) is 0. The van der Waals surface area contributed by atoms with E-state index in [-0.39, 0.29) is 33.2 Å². The molecule has 0 aromatic rings. The minimum Gasteiger partial charge on any atom is -0.481 e. The summed E-state index contributed by atoms with van der Waals surface area (Å²) in [6.07, 6.45) is 12.7. The summed E-state index contributed by atoms with van der Waals surface area (Å²) in [6.45, 7) is 16.9. The average Bonchev–Trinajstić information content (AvgIpc) is 2.71. The minimum absolute atomic E-state index is 0.0208. The summed E-state index contributed by atoms with van der Waals surface area (Å²) in [5, 5.41) is 21.4. The maximum Gasteiger partial charge on any atom is 0.313 e. The lowest BCUT2D eigenvalue weighted by Crippen LogP contribution is -2.66. The van der Waals surface area contributed by atoms with Crippen LogP contribution in [0.3, 0.4) is 0 Å². The first kappa shape index (κ1) is 23.9. The fourth-order valence-electron chi connectivity index (χ4n) is 10.7. The lowest BCUT2D eigenvalue weighted by molar-refractivity contribution is -0.229. The van der Waals surface area contributed by atoms with Crippen LogP contribution in [0.2, 0.25) is 0 Å². The minimum atomic E-state index is -0.624. The van der Waals surface area contributed by atoms with E-state index in [0.29, 0.717) is 17.8 Å². The number of allylic oxidation sites excluding steroid dienone is 1. The Morgan fingerprint density at radius 1 is 0.788 bits per heavy atom. The number of carbonyl (C=O) groups is 1. The Morgan fingerprint density at radius 2 is 1.45 bits per heavy atom. The summed E-state index contributed by atoms with van der Waals surface area (Å²) in [5.41, 5.74) is 1.40. The zero-order chi connectivity index (χ0) is 24.2. The highest BCUT2D eigenvalue weighted by atomic mass is 16.4. The normalized spacial score (nSPS) is 52.4. The fraction of sp³-hybridized carbons (Fsp3) is 0.900. The molecule has 3 nitrogen and oxygen atoms in total. The van der Waals surface area contributed by atoms with Gasteiger partial charge in [-0.2, -0.15) is 0 Å². The summed E-state index contributed by atoms with van der Waals surface area (Å²) in [4.78, 5) is 12.7. The van der Waals surface area contributed by atoms with Crippen LogP contribution in [0.4, 0.5) is 0 Å². The van der Waals surface area contributed by atoms with Gasteiger partial charge in [0.25, 0.3) is 0 Å². The molecular weight excluding hydrogens is 408 g/mol. The van der Waals surface area contributed by atoms with E-state index >= 15 is 0 Å². The molecule has 33 heavy (non-hydrogen) atoms. The van der Waals surface area contributed by atoms with Crippen molar-refractivity contribution in [1.82, 2.24) is 0 Å². The molecule has 0 aromatic heterocycles. The number of hydrogen-bond donors (Lipinski definition) is 2. The van der Waals surface area contributed by atoms with E-state index in [0.717, 1.165) is 44.9 Å². The number of aliphatic hydroxyl groups excluding tert-OH is 1. The van der Waals surface area contributed by atoms with Crippen molar-refractivity contribution in [2.45, 2.75) is 119 Å². The topological polar surface area (TPSA) is 57.5 Å². The molecule has 1 unspecified atom stereocenters. The summed E-state index contributed by atoms with van der Waals surface area (Å²) >= 11 is 0. The van der Waals surface area contributed by atoms with Crippen molar-refractivity contribution in [2.75, 3.05) is 0 Å². The number of rotatable bonds is 1. The monoisotopic (exact) mass is 456 g/mol. The first-order valence-corrected chi connectivity index (χ1v) is 13.8. The van der Waals surface area contributed by atoms with Crippen LogP contribution in [0.15, 0.2) is 11.6 Å². The molecule has 0 aromatic carbocycles. The standard InChI is InChI=1S/C30H48O3/c1-25(2)14-16-30(24(32)33)17-15-28(6)19(20(30)18-25)8-9-22-27(5)12-11-23(31)26(3,4)21(27)10-13-29(22,28)7/h18-19,21-23,31H,8-17H2,1-7H3,(H,32,33)/t19?,21-,22+,23-,27-,28+,29+,30-/m0/s1. The smallest absolute Gasteiger partial charge is 0.313 e. The van der Waals surface area contributed by atoms with Crippen molar-refractivity contribution in [1.29, 1.82) is 0 Å². The van der Waals surface area contributed by atoms with Crippen LogP contribution in [0.5, 0.6) is 0 Å². The lowest BCUT2D eigenvalue weighted by Gasteiger charge is -2.72. The summed E-state index contributed by atoms with van der Waals surface area (Å²) in [7, 11) is 0. The quantitative estimate of drug-likeness (QED) is 0.409. The molecule has 0 amide bonds. The number of carboxylic acid groups (broad SMARTS) is 1. The van der Waals surface area contributed by atoms with Gasteiger partial charge in [-0.1, -0.05) is 60.1 Å². The highest BCUT2D eigenvalue weighted by Crippen LogP contribution is 2.76. The van der Waals surface area contributed by atoms with Gasteiger partial charge in [0.1, 0.15) is 0 Å². The van der Waals surface area contributed by atoms with Crippen LogP contribution >= 0.6 is 0 Å². The molecule has 2 N–H and O–H groups in total. The molecule has 8 atom stereocenters. The number of aliphatic hydroxyl groups is 1. The predicted octanol–water partition coefficient (Wildman–Crippen LogP) is 7.23. The SMILES string of the molecule is CC1(C)C=C2C3CC[C@@H]4[C@@]5(C)CC[C@H](O)C(C)(C)[C@@H]5CC[C@@]4(C)[C@]3(C)CC[C@@]2(C(=O)O)CC1. The van der Waals surface area contributed by atoms with E-state index in [1.807, 2.05) is 0 Å². The number of fused-ring (bicyclic) bond motifs is 7. The third-order valence-corrected chi connectivity index (χ3v) is 13.0. The van der Waals surface area contributed by atoms with Gasteiger partial charge in [-0.05, 0) is 109 Å². The van der Waals surface area contributed by atoms with Gasteiger partial charge in [-0.15, -0.1) is 0 Å². The average molecular weight is 457 g/mol. The molecule has 0 heterocycles. The largest absolute Gasteiger partial charge is 0.481 e. The maximum absolute atomic E-state index is 12.7. The predicted molar refractivity (Wildman–Crippen MR) is 133 cm³/mol. The van der Waals surface area contributed by atoms with Gasteiger partial charge in [-0.3, -0.25) is 4.79 Å². The molecule has 0 aliphatic heterocycles. The van der Waals surface area contributed by atoms with Crippen molar-refractivity contribution in [2.24, 2.45) is 50.2 Å². The van der Waals surface area contributed by atoms with Gasteiger partial charge in [-0.25, -0.2) is 0 Å². The third-order valence-electron chi connectivity index (χ3n) is 13.0. The molecule has 0 saturated heterocycles.